The second kappa shape index (κ2) is 7.76. The predicted molar refractivity (Wildman–Crippen MR) is 109 cm³/mol. The second-order valence-corrected chi connectivity index (χ2v) is 6.60. The molecular weight excluding hydrogens is 358 g/mol. The summed E-state index contributed by atoms with van der Waals surface area (Å²) in [5, 5.41) is 23.5. The molecule has 1 heterocycles. The summed E-state index contributed by atoms with van der Waals surface area (Å²) < 4.78 is 1.04. The molecule has 0 bridgehead atoms. The molecule has 0 aliphatic rings. The molecule has 0 atom stereocenters. The van der Waals surface area contributed by atoms with Crippen LogP contribution in [0.25, 0.3) is 10.2 Å². The minimum Gasteiger partial charge on any atom is -0.507 e. The van der Waals surface area contributed by atoms with Gasteiger partial charge in [-0.15, -0.1) is 10.2 Å². The van der Waals surface area contributed by atoms with Crippen LogP contribution >= 0.6 is 11.3 Å². The minimum absolute atomic E-state index is 0.0781. The Kier molecular flexibility index (Phi) is 4.84. The topological polar surface area (TPSA) is 82.2 Å². The first kappa shape index (κ1) is 16.9. The molecule has 0 aliphatic heterocycles. The number of thiazole rings is 1. The summed E-state index contributed by atoms with van der Waals surface area (Å²) in [5.74, 6) is 0.338. The maximum absolute atomic E-state index is 10.2. The third-order valence-corrected chi connectivity index (χ3v) is 4.64. The van der Waals surface area contributed by atoms with Gasteiger partial charge in [0.1, 0.15) is 5.75 Å². The Morgan fingerprint density at radius 2 is 1.63 bits per heavy atom. The number of hydrazone groups is 1. The molecule has 0 saturated heterocycles. The number of phenolic OH excluding ortho intramolecular Hbond substituents is 1. The number of para-hydroxylation sites is 3. The number of benzene rings is 3. The predicted octanol–water partition coefficient (Wildman–Crippen LogP) is 5.56. The van der Waals surface area contributed by atoms with E-state index < -0.39 is 0 Å². The highest BCUT2D eigenvalue weighted by molar-refractivity contribution is 7.21. The maximum atomic E-state index is 10.2. The Morgan fingerprint density at radius 3 is 2.44 bits per heavy atom. The summed E-state index contributed by atoms with van der Waals surface area (Å²) in [4.78, 5) is 4.44. The van der Waals surface area contributed by atoms with Gasteiger partial charge in [0.05, 0.1) is 21.5 Å². The van der Waals surface area contributed by atoms with Crippen LogP contribution in [0.3, 0.4) is 0 Å². The zero-order valence-electron chi connectivity index (χ0n) is 14.1. The monoisotopic (exact) mass is 373 g/mol. The van der Waals surface area contributed by atoms with Crippen LogP contribution in [0, 0.1) is 0 Å². The van der Waals surface area contributed by atoms with Gasteiger partial charge < -0.3 is 5.11 Å². The number of hydrogen-bond donors (Lipinski definition) is 2. The highest BCUT2D eigenvalue weighted by Gasteiger charge is 2.09. The Hall–Kier alpha value is -3.58. The number of phenols is 1. The molecule has 1 aromatic heterocycles. The number of aromatic nitrogens is 1. The van der Waals surface area contributed by atoms with Gasteiger partial charge in [0, 0.05) is 0 Å². The van der Waals surface area contributed by atoms with Crippen molar-refractivity contribution in [2.24, 2.45) is 15.3 Å². The number of azo groups is 1. The van der Waals surface area contributed by atoms with Crippen LogP contribution in [0.4, 0.5) is 10.8 Å². The molecule has 0 spiro atoms. The standard InChI is InChI=1S/C20H15N5OS/c26-17-12-6-4-10-15(17)19(23-22-14-8-2-1-3-9-14)24-25-20-21-16-11-5-7-13-18(16)27-20/h1-13,22,26H/b23-19-,25-24?. The fraction of sp³-hybridized carbons (Fsp3) is 0. The van der Waals surface area contributed by atoms with Crippen molar-refractivity contribution in [3.8, 4) is 5.75 Å². The largest absolute Gasteiger partial charge is 0.507 e. The summed E-state index contributed by atoms with van der Waals surface area (Å²) in [5.41, 5.74) is 5.10. The van der Waals surface area contributed by atoms with E-state index in [-0.39, 0.29) is 11.6 Å². The first-order valence-corrected chi connectivity index (χ1v) is 9.06. The molecule has 132 valence electrons. The zero-order chi connectivity index (χ0) is 18.5. The number of hydrogen-bond acceptors (Lipinski definition) is 6. The quantitative estimate of drug-likeness (QED) is 0.213. The Bertz CT molecular complexity index is 1090. The first-order chi connectivity index (χ1) is 13.3. The van der Waals surface area contributed by atoms with E-state index >= 15 is 0 Å². The average molecular weight is 373 g/mol. The van der Waals surface area contributed by atoms with Crippen molar-refractivity contribution >= 4 is 38.2 Å². The van der Waals surface area contributed by atoms with Crippen molar-refractivity contribution in [2.45, 2.75) is 0 Å². The molecule has 0 saturated carbocycles. The maximum Gasteiger partial charge on any atom is 0.231 e. The average Bonchev–Trinajstić information content (AvgIpc) is 3.13. The van der Waals surface area contributed by atoms with E-state index in [0.717, 1.165) is 15.9 Å². The number of fused-ring (bicyclic) bond motifs is 1. The molecular formula is C20H15N5OS. The Morgan fingerprint density at radius 1 is 0.889 bits per heavy atom. The molecule has 4 aromatic rings. The molecule has 0 amide bonds. The zero-order valence-corrected chi connectivity index (χ0v) is 15.0. The van der Waals surface area contributed by atoms with Crippen LogP contribution in [0.15, 0.2) is 94.2 Å². The second-order valence-electron chi connectivity index (χ2n) is 5.59. The van der Waals surface area contributed by atoms with E-state index in [2.05, 4.69) is 25.7 Å². The summed E-state index contributed by atoms with van der Waals surface area (Å²) in [6.07, 6.45) is 0. The van der Waals surface area contributed by atoms with Crippen LogP contribution in [-0.4, -0.2) is 15.9 Å². The molecule has 27 heavy (non-hydrogen) atoms. The van der Waals surface area contributed by atoms with Gasteiger partial charge >= 0.3 is 0 Å². The Balaban J connectivity index is 1.67. The third-order valence-electron chi connectivity index (χ3n) is 3.72. The van der Waals surface area contributed by atoms with Crippen molar-refractivity contribution in [1.29, 1.82) is 0 Å². The number of nitrogens with zero attached hydrogens (tertiary/aromatic N) is 4. The lowest BCUT2D eigenvalue weighted by Crippen LogP contribution is -2.01. The van der Waals surface area contributed by atoms with Crippen molar-refractivity contribution in [3.05, 3.63) is 84.4 Å². The lowest BCUT2D eigenvalue weighted by Gasteiger charge is -2.04. The SMILES string of the molecule is Oc1ccccc1/C(N=Nc1nc2ccccc2s1)=N/Nc1ccccc1. The summed E-state index contributed by atoms with van der Waals surface area (Å²) in [6, 6.07) is 24.2. The normalized spacial score (nSPS) is 11.9. The van der Waals surface area contributed by atoms with E-state index in [1.165, 1.54) is 11.3 Å². The lowest BCUT2D eigenvalue weighted by molar-refractivity contribution is 0.474. The lowest BCUT2D eigenvalue weighted by atomic mass is 10.2. The molecule has 4 rings (SSSR count). The van der Waals surface area contributed by atoms with Crippen molar-refractivity contribution in [2.75, 3.05) is 5.43 Å². The molecule has 0 fully saturated rings. The molecule has 0 unspecified atom stereocenters. The highest BCUT2D eigenvalue weighted by Crippen LogP contribution is 2.28. The molecule has 0 aliphatic carbocycles. The van der Waals surface area contributed by atoms with Crippen LogP contribution in [0.2, 0.25) is 0 Å². The van der Waals surface area contributed by atoms with Gasteiger partial charge in [0.25, 0.3) is 0 Å². The van der Waals surface area contributed by atoms with Gasteiger partial charge in [0.2, 0.25) is 11.0 Å². The summed E-state index contributed by atoms with van der Waals surface area (Å²) in [7, 11) is 0. The van der Waals surface area contributed by atoms with Crippen LogP contribution in [-0.2, 0) is 0 Å². The van der Waals surface area contributed by atoms with Gasteiger partial charge in [-0.1, -0.05) is 53.8 Å². The smallest absolute Gasteiger partial charge is 0.231 e. The molecule has 6 nitrogen and oxygen atoms in total. The first-order valence-electron chi connectivity index (χ1n) is 8.24. The van der Waals surface area contributed by atoms with E-state index in [1.54, 1.807) is 24.3 Å². The minimum atomic E-state index is 0.0781. The third kappa shape index (κ3) is 3.99. The van der Waals surface area contributed by atoms with E-state index in [9.17, 15) is 5.11 Å². The summed E-state index contributed by atoms with van der Waals surface area (Å²) >= 11 is 1.44. The number of amidine groups is 1. The van der Waals surface area contributed by atoms with Crippen LogP contribution in [0.5, 0.6) is 5.75 Å². The molecule has 0 radical (unpaired) electrons. The van der Waals surface area contributed by atoms with Crippen molar-refractivity contribution < 1.29 is 5.11 Å². The van der Waals surface area contributed by atoms with E-state index in [1.807, 2.05) is 54.6 Å². The fourth-order valence-corrected chi connectivity index (χ4v) is 3.21. The van der Waals surface area contributed by atoms with E-state index in [0.29, 0.717) is 10.7 Å². The van der Waals surface area contributed by atoms with Gasteiger partial charge in [-0.3, -0.25) is 5.43 Å². The summed E-state index contributed by atoms with van der Waals surface area (Å²) in [6.45, 7) is 0. The highest BCUT2D eigenvalue weighted by atomic mass is 32.1. The van der Waals surface area contributed by atoms with Gasteiger partial charge in [-0.25, -0.2) is 4.98 Å². The number of aromatic hydroxyl groups is 1. The number of nitrogens with one attached hydrogen (secondary N) is 1. The number of anilines is 1. The molecule has 2 N–H and O–H groups in total. The number of rotatable bonds is 4. The molecule has 7 heteroatoms. The Labute approximate surface area is 159 Å². The van der Waals surface area contributed by atoms with Crippen molar-refractivity contribution in [1.82, 2.24) is 4.98 Å². The molecule has 3 aromatic carbocycles. The fourth-order valence-electron chi connectivity index (χ4n) is 2.42. The van der Waals surface area contributed by atoms with Gasteiger partial charge in [-0.2, -0.15) is 5.10 Å². The van der Waals surface area contributed by atoms with Crippen molar-refractivity contribution in [3.63, 3.8) is 0 Å². The van der Waals surface area contributed by atoms with Crippen LogP contribution < -0.4 is 5.43 Å². The van der Waals surface area contributed by atoms with Gasteiger partial charge in [-0.05, 0) is 36.4 Å². The van der Waals surface area contributed by atoms with Gasteiger partial charge in [0.15, 0.2) is 0 Å². The van der Waals surface area contributed by atoms with E-state index in [4.69, 9.17) is 0 Å². The van der Waals surface area contributed by atoms with Crippen LogP contribution in [0.1, 0.15) is 5.56 Å².